The van der Waals surface area contributed by atoms with Crippen LogP contribution in [-0.4, -0.2) is 23.1 Å². The van der Waals surface area contributed by atoms with Crippen LogP contribution in [0.3, 0.4) is 0 Å². The number of hydrogen-bond acceptors (Lipinski definition) is 3. The number of hydrogen-bond donors (Lipinski definition) is 0. The van der Waals surface area contributed by atoms with Gasteiger partial charge >= 0.3 is 6.18 Å². The van der Waals surface area contributed by atoms with Crippen LogP contribution in [0.5, 0.6) is 0 Å². The molecule has 1 fully saturated rings. The summed E-state index contributed by atoms with van der Waals surface area (Å²) < 4.78 is 53.2. The average molecular weight is 327 g/mol. The molecule has 0 bridgehead atoms. The van der Waals surface area contributed by atoms with Crippen LogP contribution in [0.2, 0.25) is 0 Å². The van der Waals surface area contributed by atoms with Gasteiger partial charge in [-0.25, -0.2) is 14.4 Å². The van der Waals surface area contributed by atoms with Gasteiger partial charge in [-0.05, 0) is 25.0 Å². The second kappa shape index (κ2) is 5.94. The highest BCUT2D eigenvalue weighted by Crippen LogP contribution is 2.34. The minimum atomic E-state index is -4.71. The van der Waals surface area contributed by atoms with Gasteiger partial charge in [0.25, 0.3) is 0 Å². The van der Waals surface area contributed by atoms with Gasteiger partial charge in [-0.3, -0.25) is 0 Å². The highest BCUT2D eigenvalue weighted by molar-refractivity contribution is 5.90. The Kier molecular flexibility index (Phi) is 4.12. The molecule has 3 rings (SSSR count). The molecule has 1 aliphatic rings. The molecular weight excluding hydrogens is 310 g/mol. The zero-order chi connectivity index (χ0) is 16.6. The summed E-state index contributed by atoms with van der Waals surface area (Å²) in [5.41, 5.74) is -0.285. The fourth-order valence-electron chi connectivity index (χ4n) is 3.14. The predicted octanol–water partition coefficient (Wildman–Crippen LogP) is 4.56. The van der Waals surface area contributed by atoms with Crippen molar-refractivity contribution in [1.29, 1.82) is 0 Å². The fraction of sp³-hybridized carbons (Fsp3) is 0.500. The van der Waals surface area contributed by atoms with Crippen LogP contribution < -0.4 is 4.90 Å². The molecule has 1 aliphatic carbocycles. The first-order valence-electron chi connectivity index (χ1n) is 7.64. The zero-order valence-electron chi connectivity index (χ0n) is 12.7. The van der Waals surface area contributed by atoms with E-state index >= 15 is 0 Å². The van der Waals surface area contributed by atoms with E-state index in [1.165, 1.54) is 6.07 Å². The van der Waals surface area contributed by atoms with Crippen LogP contribution in [0.25, 0.3) is 10.9 Å². The topological polar surface area (TPSA) is 29.0 Å². The van der Waals surface area contributed by atoms with Gasteiger partial charge in [-0.1, -0.05) is 25.3 Å². The maximum absolute atomic E-state index is 14.0. The van der Waals surface area contributed by atoms with E-state index in [2.05, 4.69) is 9.97 Å². The van der Waals surface area contributed by atoms with Crippen molar-refractivity contribution in [1.82, 2.24) is 9.97 Å². The van der Waals surface area contributed by atoms with Crippen molar-refractivity contribution in [2.24, 2.45) is 0 Å². The average Bonchev–Trinajstić information content (AvgIpc) is 2.54. The highest BCUT2D eigenvalue weighted by atomic mass is 19.4. The summed E-state index contributed by atoms with van der Waals surface area (Å²) in [6.45, 7) is 0. The lowest BCUT2D eigenvalue weighted by Crippen LogP contribution is -2.34. The molecule has 0 amide bonds. The van der Waals surface area contributed by atoms with Crippen LogP contribution in [-0.2, 0) is 6.18 Å². The standard InChI is InChI=1S/C16H17F4N3/c1-23(10-6-3-2-4-7-10)14-11-8-5-9-12(17)13(11)21-15(22-14)16(18,19)20/h5,8-10H,2-4,6-7H2,1H3. The number of anilines is 1. The second-order valence-electron chi connectivity index (χ2n) is 5.91. The maximum Gasteiger partial charge on any atom is 0.451 e. The lowest BCUT2D eigenvalue weighted by molar-refractivity contribution is -0.144. The number of nitrogens with zero attached hydrogens (tertiary/aromatic N) is 3. The predicted molar refractivity (Wildman–Crippen MR) is 79.8 cm³/mol. The van der Waals surface area contributed by atoms with E-state index in [0.717, 1.165) is 38.2 Å². The number of aromatic nitrogens is 2. The first-order chi connectivity index (χ1) is 10.9. The molecule has 1 heterocycles. The summed E-state index contributed by atoms with van der Waals surface area (Å²) in [4.78, 5) is 8.86. The Hall–Kier alpha value is -1.92. The summed E-state index contributed by atoms with van der Waals surface area (Å²) in [5.74, 6) is -1.92. The van der Waals surface area contributed by atoms with E-state index in [4.69, 9.17) is 0 Å². The van der Waals surface area contributed by atoms with E-state index in [9.17, 15) is 17.6 Å². The Balaban J connectivity index is 2.15. The summed E-state index contributed by atoms with van der Waals surface area (Å²) >= 11 is 0. The van der Waals surface area contributed by atoms with E-state index in [0.29, 0.717) is 5.39 Å². The SMILES string of the molecule is CN(c1nc(C(F)(F)F)nc2c(F)cccc12)C1CCCCC1. The van der Waals surface area contributed by atoms with Crippen molar-refractivity contribution < 1.29 is 17.6 Å². The Bertz CT molecular complexity index is 708. The number of para-hydroxylation sites is 1. The maximum atomic E-state index is 14.0. The fourth-order valence-corrected chi connectivity index (χ4v) is 3.14. The Labute approximate surface area is 131 Å². The monoisotopic (exact) mass is 327 g/mol. The minimum absolute atomic E-state index is 0.117. The quantitative estimate of drug-likeness (QED) is 0.757. The molecule has 2 aromatic rings. The summed E-state index contributed by atoms with van der Waals surface area (Å²) in [6.07, 6.45) is 0.310. The first kappa shape index (κ1) is 16.0. The molecule has 124 valence electrons. The number of alkyl halides is 3. The van der Waals surface area contributed by atoms with Gasteiger partial charge in [-0.2, -0.15) is 13.2 Å². The van der Waals surface area contributed by atoms with Crippen molar-refractivity contribution in [2.45, 2.75) is 44.3 Å². The van der Waals surface area contributed by atoms with Gasteiger partial charge < -0.3 is 4.90 Å². The third-order valence-corrected chi connectivity index (χ3v) is 4.37. The first-order valence-corrected chi connectivity index (χ1v) is 7.64. The van der Waals surface area contributed by atoms with Crippen LogP contribution in [0.15, 0.2) is 18.2 Å². The molecule has 0 N–H and O–H groups in total. The summed E-state index contributed by atoms with van der Waals surface area (Å²) in [5, 5.41) is 0.311. The molecular formula is C16H17F4N3. The number of benzene rings is 1. The molecule has 3 nitrogen and oxygen atoms in total. The van der Waals surface area contributed by atoms with Crippen LogP contribution >= 0.6 is 0 Å². The number of halogens is 4. The van der Waals surface area contributed by atoms with Gasteiger partial charge in [0.05, 0.1) is 0 Å². The molecule has 0 aliphatic heterocycles. The molecule has 7 heteroatoms. The van der Waals surface area contributed by atoms with E-state index in [1.807, 2.05) is 0 Å². The van der Waals surface area contributed by atoms with Crippen LogP contribution in [0.4, 0.5) is 23.4 Å². The third kappa shape index (κ3) is 3.09. The molecule has 1 saturated carbocycles. The molecule has 0 unspecified atom stereocenters. The Morgan fingerprint density at radius 2 is 1.78 bits per heavy atom. The minimum Gasteiger partial charge on any atom is -0.356 e. The number of rotatable bonds is 2. The van der Waals surface area contributed by atoms with Crippen molar-refractivity contribution >= 4 is 16.7 Å². The van der Waals surface area contributed by atoms with E-state index in [-0.39, 0.29) is 17.4 Å². The van der Waals surface area contributed by atoms with Crippen LogP contribution in [0.1, 0.15) is 37.9 Å². The molecule has 23 heavy (non-hydrogen) atoms. The lowest BCUT2D eigenvalue weighted by atomic mass is 9.94. The Morgan fingerprint density at radius 3 is 2.43 bits per heavy atom. The van der Waals surface area contributed by atoms with Gasteiger partial charge in [0.15, 0.2) is 0 Å². The van der Waals surface area contributed by atoms with Gasteiger partial charge in [-0.15, -0.1) is 0 Å². The molecule has 1 aromatic heterocycles. The van der Waals surface area contributed by atoms with Gasteiger partial charge in [0.1, 0.15) is 17.2 Å². The smallest absolute Gasteiger partial charge is 0.356 e. The van der Waals surface area contributed by atoms with Crippen LogP contribution in [0, 0.1) is 5.82 Å². The van der Waals surface area contributed by atoms with Gasteiger partial charge in [0.2, 0.25) is 5.82 Å². The summed E-state index contributed by atoms with van der Waals surface area (Å²) in [6, 6.07) is 4.26. The highest BCUT2D eigenvalue weighted by Gasteiger charge is 2.36. The molecule has 0 spiro atoms. The van der Waals surface area contributed by atoms with Gasteiger partial charge in [0, 0.05) is 18.5 Å². The zero-order valence-corrected chi connectivity index (χ0v) is 12.7. The lowest BCUT2D eigenvalue weighted by Gasteiger charge is -2.33. The van der Waals surface area contributed by atoms with E-state index in [1.54, 1.807) is 18.0 Å². The van der Waals surface area contributed by atoms with E-state index < -0.39 is 17.8 Å². The Morgan fingerprint density at radius 1 is 1.09 bits per heavy atom. The number of fused-ring (bicyclic) bond motifs is 1. The molecule has 0 radical (unpaired) electrons. The molecule has 0 saturated heterocycles. The van der Waals surface area contributed by atoms with Crippen molar-refractivity contribution in [2.75, 3.05) is 11.9 Å². The van der Waals surface area contributed by atoms with Crippen molar-refractivity contribution in [3.8, 4) is 0 Å². The molecule has 0 atom stereocenters. The third-order valence-electron chi connectivity index (χ3n) is 4.37. The largest absolute Gasteiger partial charge is 0.451 e. The normalized spacial score (nSPS) is 16.7. The molecule has 1 aromatic carbocycles. The van der Waals surface area contributed by atoms with Crippen molar-refractivity contribution in [3.05, 3.63) is 29.8 Å². The van der Waals surface area contributed by atoms with Crippen molar-refractivity contribution in [3.63, 3.8) is 0 Å². The second-order valence-corrected chi connectivity index (χ2v) is 5.91. The summed E-state index contributed by atoms with van der Waals surface area (Å²) in [7, 11) is 1.73.